The predicted molar refractivity (Wildman–Crippen MR) is 91.1 cm³/mol. The van der Waals surface area contributed by atoms with Gasteiger partial charge in [0.05, 0.1) is 0 Å². The summed E-state index contributed by atoms with van der Waals surface area (Å²) >= 11 is 0. The first kappa shape index (κ1) is 18.2. The van der Waals surface area contributed by atoms with Crippen LogP contribution in [0.5, 0.6) is 0 Å². The molecule has 0 aliphatic carbocycles. The lowest BCUT2D eigenvalue weighted by Crippen LogP contribution is -2.60. The number of benzene rings is 1. The highest BCUT2D eigenvalue weighted by Gasteiger charge is 2.34. The summed E-state index contributed by atoms with van der Waals surface area (Å²) in [5.74, 6) is 0.148. The number of urea groups is 1. The zero-order chi connectivity index (χ0) is 17.7. The number of carbonyl (C=O) groups is 2. The molecule has 1 aromatic carbocycles. The van der Waals surface area contributed by atoms with Gasteiger partial charge < -0.3 is 15.1 Å². The Kier molecular flexibility index (Phi) is 6.17. The highest BCUT2D eigenvalue weighted by Crippen LogP contribution is 2.13. The summed E-state index contributed by atoms with van der Waals surface area (Å²) < 4.78 is 12.9. The number of piperazine rings is 1. The zero-order valence-corrected chi connectivity index (χ0v) is 14.6. The minimum absolute atomic E-state index is 0.00337. The second-order valence-electron chi connectivity index (χ2n) is 6.66. The molecular weight excluding hydrogens is 309 g/mol. The Labute approximate surface area is 142 Å². The van der Waals surface area contributed by atoms with Crippen LogP contribution in [0.1, 0.15) is 26.3 Å². The third-order valence-corrected chi connectivity index (χ3v) is 4.20. The lowest BCUT2D eigenvalue weighted by Gasteiger charge is -2.39. The van der Waals surface area contributed by atoms with Crippen molar-refractivity contribution in [1.82, 2.24) is 15.1 Å². The third-order valence-electron chi connectivity index (χ3n) is 4.20. The molecule has 1 N–H and O–H groups in total. The molecule has 24 heavy (non-hydrogen) atoms. The second-order valence-corrected chi connectivity index (χ2v) is 6.66. The Morgan fingerprint density at radius 3 is 2.58 bits per heavy atom. The van der Waals surface area contributed by atoms with E-state index in [0.717, 1.165) is 12.1 Å². The maximum atomic E-state index is 12.9. The average molecular weight is 335 g/mol. The fourth-order valence-electron chi connectivity index (χ4n) is 2.90. The van der Waals surface area contributed by atoms with Crippen LogP contribution in [-0.2, 0) is 11.2 Å². The van der Waals surface area contributed by atoms with Gasteiger partial charge in [0.25, 0.3) is 0 Å². The van der Waals surface area contributed by atoms with Crippen LogP contribution in [-0.4, -0.2) is 54.0 Å². The monoisotopic (exact) mass is 335 g/mol. The minimum atomic E-state index is -0.441. The van der Waals surface area contributed by atoms with E-state index in [0.29, 0.717) is 32.0 Å². The first-order chi connectivity index (χ1) is 11.4. The fraction of sp³-hybridized carbons (Fsp3) is 0.556. The van der Waals surface area contributed by atoms with Crippen molar-refractivity contribution in [2.45, 2.75) is 33.2 Å². The van der Waals surface area contributed by atoms with E-state index in [9.17, 15) is 14.0 Å². The number of halogens is 1. The minimum Gasteiger partial charge on any atom is -0.339 e. The molecule has 1 saturated heterocycles. The number of amides is 3. The Bertz CT molecular complexity index is 574. The van der Waals surface area contributed by atoms with Gasteiger partial charge in [0, 0.05) is 26.2 Å². The molecule has 0 bridgehead atoms. The molecule has 0 radical (unpaired) electrons. The van der Waals surface area contributed by atoms with Crippen molar-refractivity contribution in [1.29, 1.82) is 0 Å². The largest absolute Gasteiger partial charge is 0.339 e. The molecule has 1 aliphatic heterocycles. The fourth-order valence-corrected chi connectivity index (χ4v) is 2.90. The van der Waals surface area contributed by atoms with Crippen molar-refractivity contribution in [3.05, 3.63) is 35.6 Å². The highest BCUT2D eigenvalue weighted by molar-refractivity contribution is 5.88. The maximum Gasteiger partial charge on any atom is 0.318 e. The van der Waals surface area contributed by atoms with E-state index < -0.39 is 6.04 Å². The van der Waals surface area contributed by atoms with Crippen molar-refractivity contribution in [2.24, 2.45) is 5.92 Å². The number of rotatable bonds is 5. The van der Waals surface area contributed by atoms with Crippen LogP contribution in [0.15, 0.2) is 24.3 Å². The quantitative estimate of drug-likeness (QED) is 0.897. The van der Waals surface area contributed by atoms with Crippen LogP contribution >= 0.6 is 0 Å². The molecule has 3 amide bonds. The first-order valence-corrected chi connectivity index (χ1v) is 8.46. The molecule has 0 unspecified atom stereocenters. The smallest absolute Gasteiger partial charge is 0.318 e. The van der Waals surface area contributed by atoms with Gasteiger partial charge in [0.2, 0.25) is 5.91 Å². The van der Waals surface area contributed by atoms with E-state index in [1.54, 1.807) is 24.0 Å². The van der Waals surface area contributed by atoms with Gasteiger partial charge in [-0.25, -0.2) is 9.18 Å². The topological polar surface area (TPSA) is 52.6 Å². The molecule has 1 heterocycles. The molecule has 6 heteroatoms. The van der Waals surface area contributed by atoms with Crippen LogP contribution in [0.4, 0.5) is 9.18 Å². The van der Waals surface area contributed by atoms with Gasteiger partial charge in [-0.15, -0.1) is 0 Å². The molecular formula is C18H26FN3O2. The predicted octanol–water partition coefficient (Wildman–Crippen LogP) is 2.27. The molecule has 1 aromatic rings. The van der Waals surface area contributed by atoms with E-state index in [4.69, 9.17) is 0 Å². The van der Waals surface area contributed by atoms with Crippen molar-refractivity contribution < 1.29 is 14.0 Å². The summed E-state index contributed by atoms with van der Waals surface area (Å²) in [4.78, 5) is 28.1. The van der Waals surface area contributed by atoms with Gasteiger partial charge in [-0.2, -0.15) is 0 Å². The van der Waals surface area contributed by atoms with Gasteiger partial charge in [0.1, 0.15) is 11.9 Å². The maximum absolute atomic E-state index is 12.9. The van der Waals surface area contributed by atoms with Crippen LogP contribution in [0, 0.1) is 11.7 Å². The van der Waals surface area contributed by atoms with E-state index in [2.05, 4.69) is 19.2 Å². The summed E-state index contributed by atoms with van der Waals surface area (Å²) in [6.45, 7) is 8.23. The average Bonchev–Trinajstić information content (AvgIpc) is 2.53. The van der Waals surface area contributed by atoms with Crippen molar-refractivity contribution in [3.63, 3.8) is 0 Å². The third kappa shape index (κ3) is 4.69. The first-order valence-electron chi connectivity index (χ1n) is 8.46. The van der Waals surface area contributed by atoms with Gasteiger partial charge >= 0.3 is 6.03 Å². The van der Waals surface area contributed by atoms with E-state index in [1.165, 1.54) is 12.1 Å². The lowest BCUT2D eigenvalue weighted by atomic mass is 10.1. The molecule has 1 atom stereocenters. The Morgan fingerprint density at radius 2 is 1.96 bits per heavy atom. The Balaban J connectivity index is 1.82. The lowest BCUT2D eigenvalue weighted by molar-refractivity contribution is -0.139. The van der Waals surface area contributed by atoms with Crippen LogP contribution in [0.25, 0.3) is 0 Å². The molecule has 1 fully saturated rings. The van der Waals surface area contributed by atoms with E-state index in [-0.39, 0.29) is 17.8 Å². The van der Waals surface area contributed by atoms with Crippen LogP contribution < -0.4 is 5.32 Å². The summed E-state index contributed by atoms with van der Waals surface area (Å²) in [5.41, 5.74) is 0.961. The van der Waals surface area contributed by atoms with Gasteiger partial charge in [0.15, 0.2) is 0 Å². The summed E-state index contributed by atoms with van der Waals surface area (Å²) in [6, 6.07) is 5.57. The van der Waals surface area contributed by atoms with Crippen molar-refractivity contribution >= 4 is 11.9 Å². The van der Waals surface area contributed by atoms with E-state index >= 15 is 0 Å². The number of carbonyl (C=O) groups excluding carboxylic acids is 2. The number of hydrogen-bond acceptors (Lipinski definition) is 2. The SMILES string of the molecule is CC(C)CN1CCN(C(=O)NCCc2ccc(F)cc2)[C@@H](C)C1=O. The second kappa shape index (κ2) is 8.13. The number of hydrogen-bond donors (Lipinski definition) is 1. The molecule has 2 rings (SSSR count). The van der Waals surface area contributed by atoms with E-state index in [1.807, 2.05) is 4.90 Å². The Morgan fingerprint density at radius 1 is 1.29 bits per heavy atom. The standard InChI is InChI=1S/C18H26FN3O2/c1-13(2)12-21-10-11-22(14(3)17(21)23)18(24)20-9-8-15-4-6-16(19)7-5-15/h4-7,13-14H,8-12H2,1-3H3,(H,20,24)/t14-/m0/s1. The molecule has 1 aliphatic rings. The number of nitrogens with one attached hydrogen (secondary N) is 1. The molecule has 5 nitrogen and oxygen atoms in total. The van der Waals surface area contributed by atoms with Gasteiger partial charge in [-0.1, -0.05) is 26.0 Å². The van der Waals surface area contributed by atoms with Crippen LogP contribution in [0.2, 0.25) is 0 Å². The summed E-state index contributed by atoms with van der Waals surface area (Å²) in [5, 5.41) is 2.84. The number of nitrogens with zero attached hydrogens (tertiary/aromatic N) is 2. The van der Waals surface area contributed by atoms with Crippen LogP contribution in [0.3, 0.4) is 0 Å². The normalized spacial score (nSPS) is 18.2. The van der Waals surface area contributed by atoms with Gasteiger partial charge in [-0.05, 0) is 37.0 Å². The van der Waals surface area contributed by atoms with Crippen molar-refractivity contribution in [3.8, 4) is 0 Å². The Hall–Kier alpha value is -2.11. The summed E-state index contributed by atoms with van der Waals surface area (Å²) in [6.07, 6.45) is 0.627. The molecule has 0 saturated carbocycles. The highest BCUT2D eigenvalue weighted by atomic mass is 19.1. The molecule has 132 valence electrons. The van der Waals surface area contributed by atoms with Crippen molar-refractivity contribution in [2.75, 3.05) is 26.2 Å². The van der Waals surface area contributed by atoms with Gasteiger partial charge in [-0.3, -0.25) is 4.79 Å². The zero-order valence-electron chi connectivity index (χ0n) is 14.6. The molecule has 0 aromatic heterocycles. The summed E-state index contributed by atoms with van der Waals surface area (Å²) in [7, 11) is 0. The molecule has 0 spiro atoms.